The normalized spacial score (nSPS) is 11.5. The fraction of sp³-hybridized carbons (Fsp3) is 0.143. The van der Waals surface area contributed by atoms with Crippen LogP contribution in [0.25, 0.3) is 0 Å². The van der Waals surface area contributed by atoms with E-state index in [2.05, 4.69) is 0 Å². The van der Waals surface area contributed by atoms with Gasteiger partial charge >= 0.3 is 6.80 Å². The predicted octanol–water partition coefficient (Wildman–Crippen LogP) is 3.07. The predicted molar refractivity (Wildman–Crippen MR) is 81.5 cm³/mol. The van der Waals surface area contributed by atoms with Gasteiger partial charge in [0.2, 0.25) is 0 Å². The molecule has 0 unspecified atom stereocenters. The molecule has 2 aromatic rings. The van der Waals surface area contributed by atoms with Crippen LogP contribution >= 0.6 is 18.2 Å². The maximum absolute atomic E-state index is 11.1. The third kappa shape index (κ3) is 5.10. The van der Waals surface area contributed by atoms with Crippen LogP contribution < -0.4 is 0 Å². The summed E-state index contributed by atoms with van der Waals surface area (Å²) < 4.78 is 11.1. The molecule has 2 aromatic carbocycles. The molecule has 21 heavy (non-hydrogen) atoms. The van der Waals surface area contributed by atoms with E-state index in [1.165, 1.54) is 18.2 Å². The number of hydrogen-bond acceptors (Lipinski definition) is 4. The standard InChI is InChI=1S/C14H15O5PS/c15-12-5-2-10(3-6-12)1-4-11-9-13(16)7-8-14(11)21-20(17,18)19/h2-3,5-9,15-16H,1,4H2,(H2,17,18,19). The Bertz CT molecular complexity index is 666. The smallest absolute Gasteiger partial charge is 0.388 e. The minimum absolute atomic E-state index is 0.0609. The molecule has 0 spiro atoms. The van der Waals surface area contributed by atoms with Crippen LogP contribution in [-0.2, 0) is 17.4 Å². The van der Waals surface area contributed by atoms with Crippen molar-refractivity contribution in [1.82, 2.24) is 0 Å². The molecular weight excluding hydrogens is 311 g/mol. The largest absolute Gasteiger partial charge is 0.508 e. The van der Waals surface area contributed by atoms with Gasteiger partial charge in [-0.05, 0) is 65.7 Å². The van der Waals surface area contributed by atoms with Gasteiger partial charge in [0.25, 0.3) is 0 Å². The van der Waals surface area contributed by atoms with E-state index in [-0.39, 0.29) is 11.5 Å². The Balaban J connectivity index is 2.16. The van der Waals surface area contributed by atoms with E-state index < -0.39 is 6.80 Å². The molecule has 0 aliphatic carbocycles. The number of hydrogen-bond donors (Lipinski definition) is 4. The van der Waals surface area contributed by atoms with Crippen LogP contribution in [0.3, 0.4) is 0 Å². The average molecular weight is 326 g/mol. The molecule has 0 amide bonds. The highest BCUT2D eigenvalue weighted by molar-refractivity contribution is 8.54. The minimum atomic E-state index is -4.23. The zero-order valence-corrected chi connectivity index (χ0v) is 12.7. The maximum atomic E-state index is 11.1. The van der Waals surface area contributed by atoms with E-state index in [0.29, 0.717) is 34.7 Å². The van der Waals surface area contributed by atoms with Crippen LogP contribution in [0.1, 0.15) is 11.1 Å². The second kappa shape index (κ2) is 6.54. The molecular formula is C14H15O5PS. The van der Waals surface area contributed by atoms with E-state index in [9.17, 15) is 14.8 Å². The molecule has 0 aliphatic heterocycles. The minimum Gasteiger partial charge on any atom is -0.508 e. The maximum Gasteiger partial charge on any atom is 0.388 e. The number of phenols is 2. The lowest BCUT2D eigenvalue weighted by Crippen LogP contribution is -1.93. The van der Waals surface area contributed by atoms with Gasteiger partial charge in [-0.3, -0.25) is 0 Å². The third-order valence-corrected chi connectivity index (χ3v) is 5.02. The van der Waals surface area contributed by atoms with Crippen LogP contribution in [0.5, 0.6) is 11.5 Å². The Hall–Kier alpha value is -1.46. The van der Waals surface area contributed by atoms with Crippen molar-refractivity contribution in [3.05, 3.63) is 53.6 Å². The second-order valence-corrected chi connectivity index (χ2v) is 8.12. The summed E-state index contributed by atoms with van der Waals surface area (Å²) in [6.45, 7) is -4.23. The number of phenolic OH excluding ortho intramolecular Hbond substituents is 2. The summed E-state index contributed by atoms with van der Waals surface area (Å²) in [4.78, 5) is 18.6. The SMILES string of the molecule is O=P(O)(O)Sc1ccc(O)cc1CCc1ccc(O)cc1. The van der Waals surface area contributed by atoms with E-state index in [0.717, 1.165) is 5.56 Å². The van der Waals surface area contributed by atoms with E-state index in [1.54, 1.807) is 24.3 Å². The molecule has 0 heterocycles. The first kappa shape index (κ1) is 15.9. The Morgan fingerprint density at radius 3 is 2.14 bits per heavy atom. The number of benzene rings is 2. The first-order chi connectivity index (χ1) is 9.83. The summed E-state index contributed by atoms with van der Waals surface area (Å²) in [5.74, 6) is 0.250. The van der Waals surface area contributed by atoms with Crippen molar-refractivity contribution in [2.45, 2.75) is 17.7 Å². The second-order valence-electron chi connectivity index (χ2n) is 4.54. The van der Waals surface area contributed by atoms with Crippen LogP contribution in [0.15, 0.2) is 47.4 Å². The first-order valence-corrected chi connectivity index (χ1v) is 9.22. The molecule has 0 fully saturated rings. The van der Waals surface area contributed by atoms with Gasteiger partial charge in [-0.15, -0.1) is 0 Å². The number of rotatable bonds is 5. The van der Waals surface area contributed by atoms with Gasteiger partial charge in [-0.1, -0.05) is 12.1 Å². The molecule has 2 rings (SSSR count). The average Bonchev–Trinajstić information content (AvgIpc) is 2.39. The van der Waals surface area contributed by atoms with Crippen LogP contribution in [0, 0.1) is 0 Å². The zero-order chi connectivity index (χ0) is 15.5. The van der Waals surface area contributed by atoms with Crippen LogP contribution in [0.2, 0.25) is 0 Å². The highest BCUT2D eigenvalue weighted by Gasteiger charge is 2.18. The van der Waals surface area contributed by atoms with Crippen molar-refractivity contribution >= 4 is 18.2 Å². The van der Waals surface area contributed by atoms with Crippen molar-refractivity contribution in [3.8, 4) is 11.5 Å². The van der Waals surface area contributed by atoms with Crippen LogP contribution in [0.4, 0.5) is 0 Å². The van der Waals surface area contributed by atoms with Gasteiger partial charge in [0.15, 0.2) is 0 Å². The first-order valence-electron chi connectivity index (χ1n) is 6.18. The highest BCUT2D eigenvalue weighted by Crippen LogP contribution is 2.55. The van der Waals surface area contributed by atoms with E-state index in [1.807, 2.05) is 0 Å². The van der Waals surface area contributed by atoms with Crippen molar-refractivity contribution in [2.75, 3.05) is 0 Å². The van der Waals surface area contributed by atoms with Gasteiger partial charge in [0.1, 0.15) is 11.5 Å². The van der Waals surface area contributed by atoms with Gasteiger partial charge in [-0.25, -0.2) is 4.57 Å². The molecule has 0 bridgehead atoms. The molecule has 7 heteroatoms. The topological polar surface area (TPSA) is 98.0 Å². The lowest BCUT2D eigenvalue weighted by molar-refractivity contribution is 0.397. The van der Waals surface area contributed by atoms with Crippen molar-refractivity contribution < 1.29 is 24.6 Å². The summed E-state index contributed by atoms with van der Waals surface area (Å²) in [7, 11) is 0. The lowest BCUT2D eigenvalue weighted by atomic mass is 10.0. The highest BCUT2D eigenvalue weighted by atomic mass is 32.7. The number of aromatic hydroxyl groups is 2. The molecule has 112 valence electrons. The fourth-order valence-electron chi connectivity index (χ4n) is 1.92. The lowest BCUT2D eigenvalue weighted by Gasteiger charge is -2.10. The Kier molecular flexibility index (Phi) is 4.96. The van der Waals surface area contributed by atoms with Crippen molar-refractivity contribution in [2.24, 2.45) is 0 Å². The summed E-state index contributed by atoms with van der Waals surface area (Å²) in [5.41, 5.74) is 1.67. The Morgan fingerprint density at radius 2 is 1.52 bits per heavy atom. The van der Waals surface area contributed by atoms with Gasteiger partial charge in [0, 0.05) is 4.90 Å². The fourth-order valence-corrected chi connectivity index (χ4v) is 3.89. The van der Waals surface area contributed by atoms with E-state index >= 15 is 0 Å². The molecule has 0 aliphatic rings. The van der Waals surface area contributed by atoms with Gasteiger partial charge in [0.05, 0.1) is 0 Å². The molecule has 0 saturated heterocycles. The monoisotopic (exact) mass is 326 g/mol. The summed E-state index contributed by atoms with van der Waals surface area (Å²) in [5, 5.41) is 18.8. The molecule has 4 N–H and O–H groups in total. The zero-order valence-electron chi connectivity index (χ0n) is 11.0. The molecule has 5 nitrogen and oxygen atoms in total. The molecule has 0 aromatic heterocycles. The summed E-state index contributed by atoms with van der Waals surface area (Å²) in [6, 6.07) is 11.2. The van der Waals surface area contributed by atoms with Crippen molar-refractivity contribution in [1.29, 1.82) is 0 Å². The quantitative estimate of drug-likeness (QED) is 0.630. The van der Waals surface area contributed by atoms with Gasteiger partial charge in [-0.2, -0.15) is 0 Å². The third-order valence-electron chi connectivity index (χ3n) is 2.88. The van der Waals surface area contributed by atoms with Gasteiger partial charge < -0.3 is 20.0 Å². The summed E-state index contributed by atoms with van der Waals surface area (Å²) >= 11 is 0.489. The Morgan fingerprint density at radius 1 is 0.905 bits per heavy atom. The van der Waals surface area contributed by atoms with Crippen LogP contribution in [-0.4, -0.2) is 20.0 Å². The Labute approximate surface area is 126 Å². The van der Waals surface area contributed by atoms with E-state index in [4.69, 9.17) is 9.79 Å². The molecule has 0 saturated carbocycles. The molecule has 0 atom stereocenters. The van der Waals surface area contributed by atoms with Crippen molar-refractivity contribution in [3.63, 3.8) is 0 Å². The molecule has 0 radical (unpaired) electrons. The number of aryl methyl sites for hydroxylation is 2. The summed E-state index contributed by atoms with van der Waals surface area (Å²) in [6.07, 6.45) is 1.17.